The summed E-state index contributed by atoms with van der Waals surface area (Å²) in [5.41, 5.74) is 4.15. The van der Waals surface area contributed by atoms with Crippen molar-refractivity contribution in [3.8, 4) is 5.75 Å². The second-order valence-corrected chi connectivity index (χ2v) is 13.9. The van der Waals surface area contributed by atoms with Crippen LogP contribution in [0.1, 0.15) is 74.5 Å². The van der Waals surface area contributed by atoms with Gasteiger partial charge in [-0.3, -0.25) is 9.79 Å². The van der Waals surface area contributed by atoms with Crippen molar-refractivity contribution in [1.29, 1.82) is 0 Å². The van der Waals surface area contributed by atoms with E-state index in [9.17, 15) is 13.2 Å². The van der Waals surface area contributed by atoms with Crippen LogP contribution < -0.4 is 15.4 Å². The van der Waals surface area contributed by atoms with E-state index >= 15 is 0 Å². The van der Waals surface area contributed by atoms with Crippen LogP contribution in [0, 0.1) is 25.2 Å². The molecule has 1 aliphatic carbocycles. The van der Waals surface area contributed by atoms with Crippen LogP contribution in [0.15, 0.2) is 63.0 Å². The van der Waals surface area contributed by atoms with Crippen molar-refractivity contribution in [3.63, 3.8) is 0 Å². The van der Waals surface area contributed by atoms with Gasteiger partial charge in [-0.05, 0) is 73.7 Å². The van der Waals surface area contributed by atoms with Gasteiger partial charge in [0.25, 0.3) is 5.91 Å². The van der Waals surface area contributed by atoms with Crippen LogP contribution >= 0.6 is 0 Å². The Morgan fingerprint density at radius 1 is 0.976 bits per heavy atom. The summed E-state index contributed by atoms with van der Waals surface area (Å²) in [4.78, 5) is 18.6. The van der Waals surface area contributed by atoms with Crippen molar-refractivity contribution in [3.05, 3.63) is 64.9 Å². The molecule has 41 heavy (non-hydrogen) atoms. The van der Waals surface area contributed by atoms with E-state index in [0.29, 0.717) is 18.0 Å². The second-order valence-electron chi connectivity index (χ2n) is 12.0. The SMILES string of the molecule is COc1c(C)cc(S(=O)(=O)c2ccc(CNC(=O)C3=CC4CNCC5(CCCCCCCCC5)C4=N3)cc2)cc1C. The number of nitrogens with one attached hydrogen (secondary N) is 2. The van der Waals surface area contributed by atoms with Gasteiger partial charge in [0, 0.05) is 36.7 Å². The number of ether oxygens (including phenoxy) is 1. The lowest BCUT2D eigenvalue weighted by molar-refractivity contribution is -0.117. The lowest BCUT2D eigenvalue weighted by atomic mass is 9.68. The Hall–Kier alpha value is -2.97. The summed E-state index contributed by atoms with van der Waals surface area (Å²) in [6.07, 6.45) is 13.3. The van der Waals surface area contributed by atoms with Crippen LogP contribution in [-0.4, -0.2) is 40.2 Å². The van der Waals surface area contributed by atoms with Crippen LogP contribution in [0.2, 0.25) is 0 Å². The fraction of sp³-hybridized carbons (Fsp3) is 0.515. The molecule has 7 nitrogen and oxygen atoms in total. The zero-order valence-electron chi connectivity index (χ0n) is 24.6. The van der Waals surface area contributed by atoms with Gasteiger partial charge in [0.2, 0.25) is 9.84 Å². The molecule has 1 saturated carbocycles. The molecule has 8 heteroatoms. The van der Waals surface area contributed by atoms with Gasteiger partial charge < -0.3 is 15.4 Å². The molecule has 1 saturated heterocycles. The van der Waals surface area contributed by atoms with Gasteiger partial charge in [0.1, 0.15) is 11.4 Å². The molecule has 2 aromatic rings. The molecule has 1 amide bonds. The summed E-state index contributed by atoms with van der Waals surface area (Å²) >= 11 is 0. The average Bonchev–Trinajstić information content (AvgIpc) is 3.41. The third-order valence-corrected chi connectivity index (χ3v) is 10.7. The minimum Gasteiger partial charge on any atom is -0.496 e. The number of aryl methyl sites for hydroxylation is 2. The van der Waals surface area contributed by atoms with Crippen molar-refractivity contribution in [1.82, 2.24) is 10.6 Å². The lowest BCUT2D eigenvalue weighted by Gasteiger charge is -2.41. The molecule has 2 N–H and O–H groups in total. The maximum absolute atomic E-state index is 13.3. The quantitative estimate of drug-likeness (QED) is 0.450. The lowest BCUT2D eigenvalue weighted by Crippen LogP contribution is -2.51. The Morgan fingerprint density at radius 3 is 2.20 bits per heavy atom. The summed E-state index contributed by atoms with van der Waals surface area (Å²) in [5, 5.41) is 6.65. The van der Waals surface area contributed by atoms with Crippen LogP contribution in [-0.2, 0) is 21.2 Å². The largest absolute Gasteiger partial charge is 0.496 e. The number of carbonyl (C=O) groups excluding carboxylic acids is 1. The molecule has 2 heterocycles. The van der Waals surface area contributed by atoms with Crippen molar-refractivity contribution in [2.45, 2.75) is 88.0 Å². The number of hydrogen-bond donors (Lipinski definition) is 2. The Bertz CT molecular complexity index is 1410. The number of carbonyl (C=O) groups is 1. The molecule has 3 aliphatic rings. The smallest absolute Gasteiger partial charge is 0.269 e. The predicted molar refractivity (Wildman–Crippen MR) is 162 cm³/mol. The number of rotatable bonds is 6. The predicted octanol–water partition coefficient (Wildman–Crippen LogP) is 5.83. The highest BCUT2D eigenvalue weighted by atomic mass is 32.2. The maximum Gasteiger partial charge on any atom is 0.269 e. The van der Waals surface area contributed by atoms with Crippen molar-refractivity contribution in [2.24, 2.45) is 16.3 Å². The first-order chi connectivity index (χ1) is 19.7. The molecule has 0 bridgehead atoms. The molecule has 0 aromatic heterocycles. The average molecular weight is 578 g/mol. The van der Waals surface area contributed by atoms with Crippen LogP contribution in [0.3, 0.4) is 0 Å². The van der Waals surface area contributed by atoms with Gasteiger partial charge in [-0.1, -0.05) is 57.1 Å². The molecule has 2 aromatic carbocycles. The molecule has 5 rings (SSSR count). The number of benzene rings is 2. The number of nitrogens with zero attached hydrogens (tertiary/aromatic N) is 1. The number of fused-ring (bicyclic) bond motifs is 2. The maximum atomic E-state index is 13.3. The first-order valence-corrected chi connectivity index (χ1v) is 16.5. The first kappa shape index (κ1) is 29.5. The monoisotopic (exact) mass is 577 g/mol. The van der Waals surface area contributed by atoms with E-state index in [1.807, 2.05) is 19.9 Å². The van der Waals surface area contributed by atoms with Gasteiger partial charge in [-0.2, -0.15) is 0 Å². The van der Waals surface area contributed by atoms with Gasteiger partial charge in [-0.25, -0.2) is 8.42 Å². The fourth-order valence-corrected chi connectivity index (χ4v) is 8.25. The van der Waals surface area contributed by atoms with E-state index < -0.39 is 9.84 Å². The fourth-order valence-electron chi connectivity index (χ4n) is 6.82. The van der Waals surface area contributed by atoms with Crippen molar-refractivity contribution in [2.75, 3.05) is 20.2 Å². The summed E-state index contributed by atoms with van der Waals surface area (Å²) in [6.45, 7) is 5.77. The van der Waals surface area contributed by atoms with Gasteiger partial charge in [0.05, 0.1) is 16.9 Å². The summed E-state index contributed by atoms with van der Waals surface area (Å²) in [5.74, 6) is 0.698. The zero-order valence-corrected chi connectivity index (χ0v) is 25.4. The highest BCUT2D eigenvalue weighted by Crippen LogP contribution is 2.41. The van der Waals surface area contributed by atoms with E-state index in [0.717, 1.165) is 42.6 Å². The summed E-state index contributed by atoms with van der Waals surface area (Å²) in [6, 6.07) is 9.99. The Kier molecular flexibility index (Phi) is 9.00. The highest BCUT2D eigenvalue weighted by Gasteiger charge is 2.44. The number of aliphatic imine (C=N–C) groups is 1. The minimum absolute atomic E-state index is 0.0566. The molecular weight excluding hydrogens is 534 g/mol. The van der Waals surface area contributed by atoms with Crippen LogP contribution in [0.25, 0.3) is 0 Å². The molecule has 0 radical (unpaired) electrons. The highest BCUT2D eigenvalue weighted by molar-refractivity contribution is 7.91. The van der Waals surface area contributed by atoms with E-state index in [2.05, 4.69) is 10.6 Å². The number of methoxy groups -OCH3 is 1. The minimum atomic E-state index is -3.68. The third-order valence-electron chi connectivity index (χ3n) is 9.00. The molecule has 1 unspecified atom stereocenters. The summed E-state index contributed by atoms with van der Waals surface area (Å²) in [7, 11) is -2.10. The molecule has 1 atom stereocenters. The summed E-state index contributed by atoms with van der Waals surface area (Å²) < 4.78 is 31.9. The molecule has 2 aliphatic heterocycles. The van der Waals surface area contributed by atoms with Gasteiger partial charge in [0.15, 0.2) is 0 Å². The Labute approximate surface area is 244 Å². The molecule has 1 spiro atoms. The van der Waals surface area contributed by atoms with E-state index in [1.54, 1.807) is 43.5 Å². The topological polar surface area (TPSA) is 96.9 Å². The van der Waals surface area contributed by atoms with Crippen LogP contribution in [0.5, 0.6) is 5.75 Å². The third kappa shape index (κ3) is 6.28. The normalized spacial score (nSPS) is 21.0. The van der Waals surface area contributed by atoms with Crippen molar-refractivity contribution >= 4 is 21.5 Å². The standard InChI is InChI=1S/C33H43N3O4S/c1-23-17-28(18-24(2)30(23)40-3)41(38,39)27-13-11-25(12-14-27)20-35-32(37)29-19-26-21-34-22-33(31(26)36-29)15-9-7-5-4-6-8-10-16-33/h11-14,17-19,26,34H,4-10,15-16,20-22H2,1-3H3,(H,35,37). The number of hydrogen-bond acceptors (Lipinski definition) is 6. The molecular formula is C33H43N3O4S. The number of sulfone groups is 1. The van der Waals surface area contributed by atoms with E-state index in [-0.39, 0.29) is 27.0 Å². The number of amides is 1. The second kappa shape index (κ2) is 12.5. The van der Waals surface area contributed by atoms with E-state index in [4.69, 9.17) is 9.73 Å². The zero-order chi connectivity index (χ0) is 29.0. The van der Waals surface area contributed by atoms with Gasteiger partial charge in [-0.15, -0.1) is 0 Å². The molecule has 2 fully saturated rings. The Balaban J connectivity index is 1.25. The van der Waals surface area contributed by atoms with Crippen molar-refractivity contribution < 1.29 is 17.9 Å². The molecule has 220 valence electrons. The van der Waals surface area contributed by atoms with Gasteiger partial charge >= 0.3 is 0 Å². The first-order valence-electron chi connectivity index (χ1n) is 15.0. The number of piperidine rings is 1. The van der Waals surface area contributed by atoms with Crippen LogP contribution in [0.4, 0.5) is 0 Å². The Morgan fingerprint density at radius 2 is 1.59 bits per heavy atom. The van der Waals surface area contributed by atoms with E-state index in [1.165, 1.54) is 50.7 Å².